The highest BCUT2D eigenvalue weighted by Gasteiger charge is 2.17. The normalized spacial score (nSPS) is 10.8. The molecule has 0 atom stereocenters. The van der Waals surface area contributed by atoms with E-state index in [0.29, 0.717) is 5.82 Å². The number of hydrogen-bond acceptors (Lipinski definition) is 6. The highest BCUT2D eigenvalue weighted by molar-refractivity contribution is 7.93. The summed E-state index contributed by atoms with van der Waals surface area (Å²) in [5.41, 5.74) is 6.85. The van der Waals surface area contributed by atoms with Crippen molar-refractivity contribution in [2.24, 2.45) is 5.73 Å². The van der Waals surface area contributed by atoms with Crippen LogP contribution in [0.2, 0.25) is 0 Å². The first-order valence-electron chi connectivity index (χ1n) is 6.05. The lowest BCUT2D eigenvalue weighted by Crippen LogP contribution is -2.13. The molecule has 1 aromatic carbocycles. The quantitative estimate of drug-likeness (QED) is 0.829. The van der Waals surface area contributed by atoms with E-state index in [4.69, 9.17) is 5.73 Å². The maximum absolute atomic E-state index is 12.3. The molecule has 0 spiro atoms. The van der Waals surface area contributed by atoms with Gasteiger partial charge in [0.2, 0.25) is 5.13 Å². The van der Waals surface area contributed by atoms with Crippen molar-refractivity contribution in [1.82, 2.24) is 9.36 Å². The second kappa shape index (κ2) is 6.22. The Kier molecular flexibility index (Phi) is 4.57. The number of nitrogens with zero attached hydrogens (tertiary/aromatic N) is 2. The molecule has 0 aliphatic carbocycles. The summed E-state index contributed by atoms with van der Waals surface area (Å²) < 4.78 is 30.9. The topological polar surface area (TPSA) is 98.0 Å². The molecule has 0 aliphatic heterocycles. The minimum atomic E-state index is -3.67. The Bertz CT molecular complexity index is 816. The molecule has 1 aromatic heterocycles. The summed E-state index contributed by atoms with van der Waals surface area (Å²) >= 11 is 1.00. The minimum Gasteiger partial charge on any atom is -0.320 e. The number of aromatic nitrogens is 2. The molecule has 0 fully saturated rings. The van der Waals surface area contributed by atoms with Gasteiger partial charge in [-0.15, -0.1) is 0 Å². The van der Waals surface area contributed by atoms with E-state index in [9.17, 15) is 8.42 Å². The molecule has 21 heavy (non-hydrogen) atoms. The summed E-state index contributed by atoms with van der Waals surface area (Å²) in [6.45, 7) is 3.76. The van der Waals surface area contributed by atoms with Crippen LogP contribution in [0.3, 0.4) is 0 Å². The molecule has 0 radical (unpaired) electrons. The molecular formula is C13H14N4O2S2. The van der Waals surface area contributed by atoms with E-state index in [1.807, 2.05) is 0 Å². The molecular weight excluding hydrogens is 308 g/mol. The molecule has 0 saturated heterocycles. The highest BCUT2D eigenvalue weighted by Crippen LogP contribution is 2.19. The van der Waals surface area contributed by atoms with Gasteiger partial charge in [0.15, 0.2) is 0 Å². The molecule has 0 amide bonds. The molecule has 2 rings (SSSR count). The van der Waals surface area contributed by atoms with Crippen LogP contribution in [0, 0.1) is 25.7 Å². The molecule has 2 aromatic rings. The predicted molar refractivity (Wildman–Crippen MR) is 82.6 cm³/mol. The van der Waals surface area contributed by atoms with Gasteiger partial charge in [-0.3, -0.25) is 4.72 Å². The van der Waals surface area contributed by atoms with Gasteiger partial charge in [0, 0.05) is 17.1 Å². The first kappa shape index (κ1) is 15.4. The SMILES string of the molecule is Cc1nsc(NS(=O)(=O)c2ccc(C#CCN)c(C)c2)n1. The molecule has 0 saturated carbocycles. The van der Waals surface area contributed by atoms with Gasteiger partial charge in [-0.05, 0) is 37.6 Å². The summed E-state index contributed by atoms with van der Waals surface area (Å²) in [5, 5.41) is 0.247. The van der Waals surface area contributed by atoms with Crippen molar-refractivity contribution in [3.63, 3.8) is 0 Å². The summed E-state index contributed by atoms with van der Waals surface area (Å²) in [4.78, 5) is 4.14. The lowest BCUT2D eigenvalue weighted by atomic mass is 10.1. The van der Waals surface area contributed by atoms with Gasteiger partial charge in [0.1, 0.15) is 5.82 Å². The lowest BCUT2D eigenvalue weighted by molar-refractivity contribution is 0.601. The zero-order valence-corrected chi connectivity index (χ0v) is 13.2. The Morgan fingerprint density at radius 3 is 2.71 bits per heavy atom. The molecule has 8 heteroatoms. The van der Waals surface area contributed by atoms with Crippen molar-refractivity contribution in [3.05, 3.63) is 35.2 Å². The van der Waals surface area contributed by atoms with Crippen molar-refractivity contribution in [2.75, 3.05) is 11.3 Å². The van der Waals surface area contributed by atoms with E-state index >= 15 is 0 Å². The Morgan fingerprint density at radius 2 is 2.14 bits per heavy atom. The highest BCUT2D eigenvalue weighted by atomic mass is 32.2. The van der Waals surface area contributed by atoms with Crippen molar-refractivity contribution in [2.45, 2.75) is 18.7 Å². The fourth-order valence-electron chi connectivity index (χ4n) is 1.60. The number of hydrogen-bond donors (Lipinski definition) is 2. The van der Waals surface area contributed by atoms with Crippen LogP contribution in [0.1, 0.15) is 17.0 Å². The Labute approximate surface area is 127 Å². The molecule has 0 bridgehead atoms. The summed E-state index contributed by atoms with van der Waals surface area (Å²) in [7, 11) is -3.67. The average Bonchev–Trinajstić information content (AvgIpc) is 2.82. The first-order chi connectivity index (χ1) is 9.92. The van der Waals surface area contributed by atoms with Crippen LogP contribution in [-0.2, 0) is 10.0 Å². The Hall–Kier alpha value is -1.95. The van der Waals surface area contributed by atoms with Gasteiger partial charge < -0.3 is 5.73 Å². The smallest absolute Gasteiger partial charge is 0.263 e. The number of nitrogens with one attached hydrogen (secondary N) is 1. The monoisotopic (exact) mass is 322 g/mol. The maximum Gasteiger partial charge on any atom is 0.263 e. The zero-order valence-electron chi connectivity index (χ0n) is 11.5. The van der Waals surface area contributed by atoms with Crippen LogP contribution in [0.4, 0.5) is 5.13 Å². The second-order valence-electron chi connectivity index (χ2n) is 4.23. The van der Waals surface area contributed by atoms with E-state index in [1.165, 1.54) is 6.07 Å². The van der Waals surface area contributed by atoms with Crippen LogP contribution in [-0.4, -0.2) is 24.3 Å². The largest absolute Gasteiger partial charge is 0.320 e. The second-order valence-corrected chi connectivity index (χ2v) is 6.67. The number of sulfonamides is 1. The van der Waals surface area contributed by atoms with Crippen molar-refractivity contribution < 1.29 is 8.42 Å². The van der Waals surface area contributed by atoms with Crippen LogP contribution in [0.5, 0.6) is 0 Å². The third-order valence-corrected chi connectivity index (χ3v) is 4.77. The van der Waals surface area contributed by atoms with Crippen LogP contribution >= 0.6 is 11.5 Å². The average molecular weight is 322 g/mol. The van der Waals surface area contributed by atoms with Crippen LogP contribution < -0.4 is 10.5 Å². The van der Waals surface area contributed by atoms with Gasteiger partial charge in [-0.1, -0.05) is 11.8 Å². The fraction of sp³-hybridized carbons (Fsp3) is 0.231. The number of rotatable bonds is 3. The fourth-order valence-corrected chi connectivity index (χ4v) is 3.49. The van der Waals surface area contributed by atoms with Crippen molar-refractivity contribution in [1.29, 1.82) is 0 Å². The van der Waals surface area contributed by atoms with Crippen molar-refractivity contribution in [3.8, 4) is 11.8 Å². The number of benzene rings is 1. The minimum absolute atomic E-state index is 0.158. The maximum atomic E-state index is 12.3. The van der Waals surface area contributed by atoms with Crippen LogP contribution in [0.25, 0.3) is 0 Å². The number of anilines is 1. The number of nitrogens with two attached hydrogens (primary N) is 1. The molecule has 6 nitrogen and oxygen atoms in total. The van der Waals surface area contributed by atoms with Gasteiger partial charge in [-0.2, -0.15) is 4.37 Å². The Balaban J connectivity index is 2.30. The molecule has 1 heterocycles. The van der Waals surface area contributed by atoms with Gasteiger partial charge >= 0.3 is 0 Å². The molecule has 0 aliphatic rings. The van der Waals surface area contributed by atoms with E-state index in [0.717, 1.165) is 22.7 Å². The summed E-state index contributed by atoms with van der Waals surface area (Å²) in [6, 6.07) is 4.73. The van der Waals surface area contributed by atoms with E-state index in [-0.39, 0.29) is 16.6 Å². The zero-order chi connectivity index (χ0) is 15.5. The summed E-state index contributed by atoms with van der Waals surface area (Å²) in [5.74, 6) is 6.17. The van der Waals surface area contributed by atoms with E-state index in [1.54, 1.807) is 26.0 Å². The van der Waals surface area contributed by atoms with E-state index < -0.39 is 10.0 Å². The third kappa shape index (κ3) is 3.78. The van der Waals surface area contributed by atoms with Gasteiger partial charge in [0.25, 0.3) is 10.0 Å². The van der Waals surface area contributed by atoms with E-state index in [2.05, 4.69) is 25.9 Å². The molecule has 0 unspecified atom stereocenters. The van der Waals surface area contributed by atoms with Gasteiger partial charge in [-0.25, -0.2) is 13.4 Å². The molecule has 110 valence electrons. The van der Waals surface area contributed by atoms with Crippen molar-refractivity contribution >= 4 is 26.7 Å². The Morgan fingerprint density at radius 1 is 1.38 bits per heavy atom. The van der Waals surface area contributed by atoms with Crippen LogP contribution in [0.15, 0.2) is 23.1 Å². The number of aryl methyl sites for hydroxylation is 2. The molecule has 3 N–H and O–H groups in total. The lowest BCUT2D eigenvalue weighted by Gasteiger charge is -2.06. The predicted octanol–water partition coefficient (Wildman–Crippen LogP) is 1.27. The first-order valence-corrected chi connectivity index (χ1v) is 8.31. The summed E-state index contributed by atoms with van der Waals surface area (Å²) in [6.07, 6.45) is 0. The third-order valence-electron chi connectivity index (χ3n) is 2.58. The van der Waals surface area contributed by atoms with Gasteiger partial charge in [0.05, 0.1) is 11.4 Å². The standard InChI is InChI=1S/C13H14N4O2S2/c1-9-8-12(6-5-11(9)4-3-7-14)21(18,19)17-13-15-10(2)16-20-13/h5-6,8H,7,14H2,1-2H3,(H,15,16,17).